The van der Waals surface area contributed by atoms with Crippen LogP contribution in [-0.2, 0) is 9.39 Å². The van der Waals surface area contributed by atoms with Gasteiger partial charge in [0.25, 0.3) is 8.05 Å². The van der Waals surface area contributed by atoms with Crippen molar-refractivity contribution in [2.24, 2.45) is 5.41 Å². The molecule has 2 radical (unpaired) electrons. The van der Waals surface area contributed by atoms with Gasteiger partial charge in [-0.15, -0.1) is 0 Å². The standard InChI is InChI=1S/C9H19BO2/c1-6-7(12-10)8(11-5)9(2,3)4/h7-8H,6H2,1-5H3. The normalized spacial score (nSPS) is 17.4. The van der Waals surface area contributed by atoms with Gasteiger partial charge in [-0.1, -0.05) is 27.7 Å². The number of rotatable bonds is 4. The molecule has 0 spiro atoms. The Balaban J connectivity index is 4.31. The summed E-state index contributed by atoms with van der Waals surface area (Å²) in [6.07, 6.45) is 0.897. The lowest BCUT2D eigenvalue weighted by atomic mass is 9.84. The van der Waals surface area contributed by atoms with Crippen molar-refractivity contribution in [3.63, 3.8) is 0 Å². The van der Waals surface area contributed by atoms with Crippen molar-refractivity contribution in [2.45, 2.75) is 46.3 Å². The predicted octanol–water partition coefficient (Wildman–Crippen LogP) is 1.93. The molecule has 0 heterocycles. The topological polar surface area (TPSA) is 18.5 Å². The molecule has 0 aliphatic heterocycles. The average molecular weight is 170 g/mol. The van der Waals surface area contributed by atoms with Gasteiger partial charge >= 0.3 is 0 Å². The summed E-state index contributed by atoms with van der Waals surface area (Å²) in [5, 5.41) is 0. The molecule has 0 saturated heterocycles. The summed E-state index contributed by atoms with van der Waals surface area (Å²) >= 11 is 0. The molecule has 2 nitrogen and oxygen atoms in total. The van der Waals surface area contributed by atoms with E-state index in [9.17, 15) is 0 Å². The summed E-state index contributed by atoms with van der Waals surface area (Å²) in [6, 6.07) is 0. The Kier molecular flexibility index (Phi) is 4.87. The van der Waals surface area contributed by atoms with Gasteiger partial charge in [-0.25, -0.2) is 0 Å². The SMILES string of the molecule is [B]OC(CC)C(OC)C(C)(C)C. The molecular formula is C9H19BO2. The fourth-order valence-corrected chi connectivity index (χ4v) is 1.44. The fourth-order valence-electron chi connectivity index (χ4n) is 1.44. The summed E-state index contributed by atoms with van der Waals surface area (Å²) in [5.41, 5.74) is 0.0643. The lowest BCUT2D eigenvalue weighted by Crippen LogP contribution is -2.40. The molecule has 0 fully saturated rings. The van der Waals surface area contributed by atoms with Gasteiger partial charge in [-0.3, -0.25) is 0 Å². The zero-order valence-electron chi connectivity index (χ0n) is 8.76. The van der Waals surface area contributed by atoms with Gasteiger partial charge in [0.1, 0.15) is 0 Å². The molecule has 12 heavy (non-hydrogen) atoms. The van der Waals surface area contributed by atoms with Crippen LogP contribution in [0.5, 0.6) is 0 Å². The van der Waals surface area contributed by atoms with E-state index >= 15 is 0 Å². The molecule has 0 bridgehead atoms. The van der Waals surface area contributed by atoms with Gasteiger partial charge in [0, 0.05) is 7.11 Å². The minimum absolute atomic E-state index is 0.0185. The zero-order valence-corrected chi connectivity index (χ0v) is 8.76. The molecule has 0 aliphatic carbocycles. The van der Waals surface area contributed by atoms with Gasteiger partial charge < -0.3 is 9.39 Å². The van der Waals surface area contributed by atoms with Gasteiger partial charge in [0.2, 0.25) is 0 Å². The van der Waals surface area contributed by atoms with Crippen LogP contribution in [-0.4, -0.2) is 27.4 Å². The molecule has 0 saturated carbocycles. The minimum atomic E-state index is -0.0185. The van der Waals surface area contributed by atoms with Gasteiger partial charge in [-0.05, 0) is 11.8 Å². The quantitative estimate of drug-likeness (QED) is 0.600. The maximum absolute atomic E-state index is 5.35. The van der Waals surface area contributed by atoms with Crippen molar-refractivity contribution in [3.05, 3.63) is 0 Å². The molecule has 0 aromatic rings. The Morgan fingerprint density at radius 1 is 1.33 bits per heavy atom. The van der Waals surface area contributed by atoms with E-state index in [0.29, 0.717) is 0 Å². The van der Waals surface area contributed by atoms with Crippen molar-refractivity contribution in [3.8, 4) is 0 Å². The first kappa shape index (κ1) is 12.0. The lowest BCUT2D eigenvalue weighted by Gasteiger charge is -2.35. The maximum Gasteiger partial charge on any atom is 0.283 e. The Morgan fingerprint density at radius 2 is 1.83 bits per heavy atom. The first-order valence-corrected chi connectivity index (χ1v) is 4.35. The predicted molar refractivity (Wildman–Crippen MR) is 51.2 cm³/mol. The largest absolute Gasteiger partial charge is 0.442 e. The minimum Gasteiger partial charge on any atom is -0.442 e. The van der Waals surface area contributed by atoms with Gasteiger partial charge in [0.15, 0.2) is 0 Å². The second-order valence-corrected chi connectivity index (χ2v) is 4.11. The summed E-state index contributed by atoms with van der Waals surface area (Å²) in [5.74, 6) is 0. The van der Waals surface area contributed by atoms with Crippen molar-refractivity contribution < 1.29 is 9.39 Å². The van der Waals surface area contributed by atoms with E-state index in [0.717, 1.165) is 6.42 Å². The summed E-state index contributed by atoms with van der Waals surface area (Å²) < 4.78 is 10.2. The van der Waals surface area contributed by atoms with E-state index in [1.54, 1.807) is 7.11 Å². The molecule has 2 unspecified atom stereocenters. The van der Waals surface area contributed by atoms with Crippen LogP contribution in [0.25, 0.3) is 0 Å². The second-order valence-electron chi connectivity index (χ2n) is 4.11. The maximum atomic E-state index is 5.35. The van der Waals surface area contributed by atoms with Gasteiger partial charge in [0.05, 0.1) is 12.2 Å². The van der Waals surface area contributed by atoms with E-state index in [1.165, 1.54) is 0 Å². The van der Waals surface area contributed by atoms with E-state index in [4.69, 9.17) is 17.4 Å². The molecule has 0 amide bonds. The van der Waals surface area contributed by atoms with Crippen molar-refractivity contribution >= 4 is 8.05 Å². The Labute approximate surface area is 77.1 Å². The Morgan fingerprint density at radius 3 is 1.92 bits per heavy atom. The highest BCUT2D eigenvalue weighted by molar-refractivity contribution is 5.98. The highest BCUT2D eigenvalue weighted by Gasteiger charge is 2.30. The number of hydrogen-bond acceptors (Lipinski definition) is 2. The van der Waals surface area contributed by atoms with Crippen molar-refractivity contribution in [1.82, 2.24) is 0 Å². The van der Waals surface area contributed by atoms with E-state index < -0.39 is 0 Å². The fraction of sp³-hybridized carbons (Fsp3) is 1.00. The highest BCUT2D eigenvalue weighted by Crippen LogP contribution is 2.26. The van der Waals surface area contributed by atoms with Crippen LogP contribution in [0.15, 0.2) is 0 Å². The molecule has 70 valence electrons. The van der Waals surface area contributed by atoms with E-state index in [1.807, 2.05) is 6.92 Å². The third-order valence-electron chi connectivity index (χ3n) is 2.02. The molecule has 0 aromatic heterocycles. The molecular weight excluding hydrogens is 151 g/mol. The van der Waals surface area contributed by atoms with Crippen molar-refractivity contribution in [2.75, 3.05) is 7.11 Å². The van der Waals surface area contributed by atoms with Crippen LogP contribution < -0.4 is 0 Å². The van der Waals surface area contributed by atoms with Crippen LogP contribution >= 0.6 is 0 Å². The molecule has 0 N–H and O–H groups in total. The van der Waals surface area contributed by atoms with E-state index in [2.05, 4.69) is 20.8 Å². The molecule has 3 heteroatoms. The van der Waals surface area contributed by atoms with Crippen LogP contribution in [0.3, 0.4) is 0 Å². The Bertz CT molecular complexity index is 116. The second kappa shape index (κ2) is 4.88. The Hall–Kier alpha value is -0.0151. The summed E-state index contributed by atoms with van der Waals surface area (Å²) in [4.78, 5) is 0. The van der Waals surface area contributed by atoms with Gasteiger partial charge in [-0.2, -0.15) is 0 Å². The third kappa shape index (κ3) is 3.15. The lowest BCUT2D eigenvalue weighted by molar-refractivity contribution is -0.0588. The van der Waals surface area contributed by atoms with E-state index in [-0.39, 0.29) is 17.6 Å². The molecule has 2 atom stereocenters. The van der Waals surface area contributed by atoms with Crippen LogP contribution in [0.4, 0.5) is 0 Å². The highest BCUT2D eigenvalue weighted by atomic mass is 16.5. The molecule has 0 rings (SSSR count). The van der Waals surface area contributed by atoms with Crippen LogP contribution in [0, 0.1) is 5.41 Å². The van der Waals surface area contributed by atoms with Crippen LogP contribution in [0.2, 0.25) is 0 Å². The van der Waals surface area contributed by atoms with Crippen molar-refractivity contribution in [1.29, 1.82) is 0 Å². The van der Waals surface area contributed by atoms with Crippen LogP contribution in [0.1, 0.15) is 34.1 Å². The average Bonchev–Trinajstić information content (AvgIpc) is 1.97. The first-order valence-electron chi connectivity index (χ1n) is 4.35. The molecule has 0 aromatic carbocycles. The summed E-state index contributed by atoms with van der Waals surface area (Å²) in [6.45, 7) is 8.38. The first-order chi connectivity index (χ1) is 5.47. The monoisotopic (exact) mass is 170 g/mol. The third-order valence-corrected chi connectivity index (χ3v) is 2.02. The molecule has 0 aliphatic rings. The number of methoxy groups -OCH3 is 1. The summed E-state index contributed by atoms with van der Waals surface area (Å²) in [7, 11) is 6.87. The smallest absolute Gasteiger partial charge is 0.283 e. The number of ether oxygens (including phenoxy) is 1. The number of hydrogen-bond donors (Lipinski definition) is 0. The zero-order chi connectivity index (χ0) is 9.78.